The van der Waals surface area contributed by atoms with E-state index in [0.29, 0.717) is 5.75 Å². The second-order valence-electron chi connectivity index (χ2n) is 6.95. The summed E-state index contributed by atoms with van der Waals surface area (Å²) in [5.74, 6) is -0.987. The molecule has 0 radical (unpaired) electrons. The van der Waals surface area contributed by atoms with Gasteiger partial charge in [0, 0.05) is 0 Å². The molecule has 0 bridgehead atoms. The molecule has 122 valence electrons. The number of carbonyl (C=O) groups is 2. The fourth-order valence-corrected chi connectivity index (χ4v) is 1.75. The number of benzene rings is 1. The van der Waals surface area contributed by atoms with Gasteiger partial charge >= 0.3 is 5.97 Å². The molecule has 0 aliphatic rings. The molecular formula is C17H25NO4. The Labute approximate surface area is 131 Å². The number of amides is 1. The van der Waals surface area contributed by atoms with Gasteiger partial charge in [-0.3, -0.25) is 4.79 Å². The Morgan fingerprint density at radius 1 is 1.09 bits per heavy atom. The minimum absolute atomic E-state index is 0.0486. The summed E-state index contributed by atoms with van der Waals surface area (Å²) in [5, 5.41) is 11.5. The smallest absolute Gasteiger partial charge is 0.328 e. The third kappa shape index (κ3) is 4.76. The van der Waals surface area contributed by atoms with Crippen molar-refractivity contribution in [1.82, 2.24) is 5.32 Å². The normalized spacial score (nSPS) is 13.4. The van der Waals surface area contributed by atoms with E-state index in [1.54, 1.807) is 6.92 Å². The second-order valence-corrected chi connectivity index (χ2v) is 6.95. The highest BCUT2D eigenvalue weighted by atomic mass is 16.5. The highest BCUT2D eigenvalue weighted by molar-refractivity contribution is 5.88. The first-order chi connectivity index (χ1) is 9.93. The maximum Gasteiger partial charge on any atom is 0.328 e. The first kappa shape index (κ1) is 18.0. The summed E-state index contributed by atoms with van der Waals surface area (Å²) >= 11 is 0. The van der Waals surface area contributed by atoms with Gasteiger partial charge < -0.3 is 15.2 Å². The van der Waals surface area contributed by atoms with Gasteiger partial charge in [0.1, 0.15) is 11.3 Å². The molecule has 1 aromatic carbocycles. The van der Waals surface area contributed by atoms with Crippen LogP contribution >= 0.6 is 0 Å². The summed E-state index contributed by atoms with van der Waals surface area (Å²) in [5.41, 5.74) is -0.110. The van der Waals surface area contributed by atoms with Crippen LogP contribution in [0.5, 0.6) is 5.75 Å². The average molecular weight is 307 g/mol. The monoisotopic (exact) mass is 307 g/mol. The lowest BCUT2D eigenvalue weighted by Crippen LogP contribution is -2.53. The van der Waals surface area contributed by atoms with E-state index in [2.05, 4.69) is 26.1 Å². The van der Waals surface area contributed by atoms with Crippen LogP contribution in [0.3, 0.4) is 0 Å². The van der Waals surface area contributed by atoms with Crippen LogP contribution in [0.4, 0.5) is 0 Å². The van der Waals surface area contributed by atoms with Gasteiger partial charge in [0.15, 0.2) is 6.10 Å². The van der Waals surface area contributed by atoms with E-state index in [4.69, 9.17) is 9.84 Å². The van der Waals surface area contributed by atoms with E-state index in [1.165, 1.54) is 19.4 Å². The highest BCUT2D eigenvalue weighted by Crippen LogP contribution is 2.24. The largest absolute Gasteiger partial charge is 0.481 e. The molecule has 5 nitrogen and oxygen atoms in total. The minimum atomic E-state index is -1.33. The second kappa shape index (κ2) is 6.38. The Morgan fingerprint density at radius 3 is 2.00 bits per heavy atom. The fourth-order valence-electron chi connectivity index (χ4n) is 1.75. The molecule has 1 atom stereocenters. The van der Waals surface area contributed by atoms with Crippen molar-refractivity contribution in [1.29, 1.82) is 0 Å². The van der Waals surface area contributed by atoms with E-state index in [-0.39, 0.29) is 5.41 Å². The number of nitrogens with one attached hydrogen (secondary N) is 1. The van der Waals surface area contributed by atoms with Gasteiger partial charge in [-0.05, 0) is 43.9 Å². The van der Waals surface area contributed by atoms with Crippen LogP contribution in [0.1, 0.15) is 47.1 Å². The molecule has 22 heavy (non-hydrogen) atoms. The van der Waals surface area contributed by atoms with Crippen LogP contribution in [-0.4, -0.2) is 28.6 Å². The topological polar surface area (TPSA) is 75.6 Å². The van der Waals surface area contributed by atoms with Crippen molar-refractivity contribution in [2.45, 2.75) is 58.6 Å². The molecule has 0 aliphatic carbocycles. The quantitative estimate of drug-likeness (QED) is 0.877. The molecule has 0 fully saturated rings. The van der Waals surface area contributed by atoms with E-state index in [1.807, 2.05) is 24.3 Å². The highest BCUT2D eigenvalue weighted by Gasteiger charge is 2.31. The molecule has 1 amide bonds. The predicted molar refractivity (Wildman–Crippen MR) is 85.1 cm³/mol. The van der Waals surface area contributed by atoms with Crippen molar-refractivity contribution in [2.75, 3.05) is 0 Å². The van der Waals surface area contributed by atoms with Gasteiger partial charge in [0.25, 0.3) is 5.91 Å². The molecular weight excluding hydrogens is 282 g/mol. The average Bonchev–Trinajstić information content (AvgIpc) is 2.37. The molecule has 1 rings (SSSR count). The van der Waals surface area contributed by atoms with Crippen molar-refractivity contribution in [3.05, 3.63) is 29.8 Å². The van der Waals surface area contributed by atoms with Gasteiger partial charge in [0.2, 0.25) is 0 Å². The van der Waals surface area contributed by atoms with Crippen molar-refractivity contribution >= 4 is 11.9 Å². The Bertz CT molecular complexity index is 541. The molecule has 0 saturated heterocycles. The van der Waals surface area contributed by atoms with Gasteiger partial charge in [0.05, 0.1) is 0 Å². The van der Waals surface area contributed by atoms with Crippen LogP contribution in [-0.2, 0) is 15.0 Å². The van der Waals surface area contributed by atoms with Gasteiger partial charge in [-0.15, -0.1) is 0 Å². The summed E-state index contributed by atoms with van der Waals surface area (Å²) in [7, 11) is 0. The van der Waals surface area contributed by atoms with E-state index in [9.17, 15) is 9.59 Å². The zero-order valence-corrected chi connectivity index (χ0v) is 14.1. The van der Waals surface area contributed by atoms with Crippen LogP contribution in [0, 0.1) is 0 Å². The SMILES string of the molecule is CC(Oc1ccc(C(C)(C)C)cc1)C(=O)NC(C)(C)C(=O)O. The maximum absolute atomic E-state index is 12.0. The zero-order chi connectivity index (χ0) is 17.1. The van der Waals surface area contributed by atoms with Gasteiger partial charge in [-0.1, -0.05) is 32.9 Å². The lowest BCUT2D eigenvalue weighted by atomic mass is 9.87. The molecule has 0 heterocycles. The zero-order valence-electron chi connectivity index (χ0n) is 14.1. The summed E-state index contributed by atoms with van der Waals surface area (Å²) in [6.45, 7) is 10.8. The Morgan fingerprint density at radius 2 is 1.59 bits per heavy atom. The Hall–Kier alpha value is -2.04. The van der Waals surface area contributed by atoms with E-state index in [0.717, 1.165) is 0 Å². The number of aliphatic carboxylic acids is 1. The van der Waals surface area contributed by atoms with E-state index < -0.39 is 23.5 Å². The summed E-state index contributed by atoms with van der Waals surface area (Å²) < 4.78 is 5.56. The number of carbonyl (C=O) groups excluding carboxylic acids is 1. The number of hydrogen-bond donors (Lipinski definition) is 2. The summed E-state index contributed by atoms with van der Waals surface area (Å²) in [6, 6.07) is 7.54. The van der Waals surface area contributed by atoms with Crippen molar-refractivity contribution in [2.24, 2.45) is 0 Å². The molecule has 2 N–H and O–H groups in total. The number of hydrogen-bond acceptors (Lipinski definition) is 3. The van der Waals surface area contributed by atoms with Crippen LogP contribution in [0.15, 0.2) is 24.3 Å². The fraction of sp³-hybridized carbons (Fsp3) is 0.529. The van der Waals surface area contributed by atoms with E-state index >= 15 is 0 Å². The molecule has 1 unspecified atom stereocenters. The van der Waals surface area contributed by atoms with Crippen LogP contribution < -0.4 is 10.1 Å². The predicted octanol–water partition coefficient (Wildman–Crippen LogP) is 2.73. The lowest BCUT2D eigenvalue weighted by molar-refractivity contribution is -0.147. The summed E-state index contributed by atoms with van der Waals surface area (Å²) in [4.78, 5) is 23.0. The summed E-state index contributed by atoms with van der Waals surface area (Å²) in [6.07, 6.45) is -0.779. The number of carboxylic acid groups (broad SMARTS) is 1. The number of carboxylic acids is 1. The molecule has 1 aromatic rings. The lowest BCUT2D eigenvalue weighted by Gasteiger charge is -2.24. The number of ether oxygens (including phenoxy) is 1. The van der Waals surface area contributed by atoms with Crippen molar-refractivity contribution < 1.29 is 19.4 Å². The first-order valence-corrected chi connectivity index (χ1v) is 7.26. The maximum atomic E-state index is 12.0. The third-order valence-corrected chi connectivity index (χ3v) is 3.37. The van der Waals surface area contributed by atoms with Crippen LogP contribution in [0.25, 0.3) is 0 Å². The number of rotatable bonds is 5. The third-order valence-electron chi connectivity index (χ3n) is 3.37. The van der Waals surface area contributed by atoms with Crippen molar-refractivity contribution in [3.63, 3.8) is 0 Å². The van der Waals surface area contributed by atoms with Gasteiger partial charge in [-0.2, -0.15) is 0 Å². The Balaban J connectivity index is 2.71. The molecule has 0 saturated carbocycles. The molecule has 0 aromatic heterocycles. The standard InChI is InChI=1S/C17H25NO4/c1-11(14(19)18-17(5,6)15(20)21)22-13-9-7-12(8-10-13)16(2,3)4/h7-11H,1-6H3,(H,18,19)(H,20,21). The molecule has 0 aliphatic heterocycles. The Kier molecular flexibility index (Phi) is 5.22. The minimum Gasteiger partial charge on any atom is -0.481 e. The van der Waals surface area contributed by atoms with Crippen LogP contribution in [0.2, 0.25) is 0 Å². The van der Waals surface area contributed by atoms with Gasteiger partial charge in [-0.25, -0.2) is 4.79 Å². The molecule has 5 heteroatoms. The first-order valence-electron chi connectivity index (χ1n) is 7.26. The molecule has 0 spiro atoms. The van der Waals surface area contributed by atoms with Crippen molar-refractivity contribution in [3.8, 4) is 5.75 Å².